The fourth-order valence-electron chi connectivity index (χ4n) is 5.32. The number of hydrogen-bond donors (Lipinski definition) is 1. The van der Waals surface area contributed by atoms with Crippen molar-refractivity contribution in [3.8, 4) is 34.2 Å². The van der Waals surface area contributed by atoms with Crippen molar-refractivity contribution in [2.24, 2.45) is 0 Å². The number of aromatic nitrogens is 4. The fourth-order valence-corrected chi connectivity index (χ4v) is 6.67. The molecule has 4 aromatic heterocycles. The summed E-state index contributed by atoms with van der Waals surface area (Å²) in [5.41, 5.74) is 4.51. The molecule has 0 spiro atoms. The quantitative estimate of drug-likeness (QED) is 0.186. The number of rotatable bonds is 7. The third-order valence-corrected chi connectivity index (χ3v) is 8.92. The molecule has 0 saturated heterocycles. The van der Waals surface area contributed by atoms with Crippen molar-refractivity contribution in [1.29, 1.82) is 5.26 Å². The predicted octanol–water partition coefficient (Wildman–Crippen LogP) is 7.62. The first-order valence-electron chi connectivity index (χ1n) is 13.7. The molecule has 2 aromatic carbocycles. The number of nitriles is 1. The number of carboxylic acids is 1. The summed E-state index contributed by atoms with van der Waals surface area (Å²) in [6.45, 7) is 5.62. The lowest BCUT2D eigenvalue weighted by Gasteiger charge is -2.16. The number of thiophene rings is 1. The Labute approximate surface area is 270 Å². The summed E-state index contributed by atoms with van der Waals surface area (Å²) in [4.78, 5) is 39.2. The van der Waals surface area contributed by atoms with Crippen LogP contribution in [0.15, 0.2) is 58.8 Å². The second-order valence-electron chi connectivity index (χ2n) is 10.4. The molecular weight excluding hydrogens is 633 g/mol. The van der Waals surface area contributed by atoms with Gasteiger partial charge < -0.3 is 9.84 Å². The standard InChI is InChI=1S/C33H23Cl2N5O4S/c1-16-4-5-19(34)11-21(16)29-24(13-36)28-26(14-37-29)39-18(3)40(32(28)41)8-9-44-27-7-6-20(35)12-22(27)23-10-17(2)38-30-25(33(42)43)15-45-31(23)30/h4-7,10-12,14-15H,8-9H2,1-3H3,(H,42,43). The lowest BCUT2D eigenvalue weighted by molar-refractivity contribution is 0.0699. The zero-order valence-corrected chi connectivity index (χ0v) is 26.5. The molecule has 0 saturated carbocycles. The molecule has 0 aliphatic heterocycles. The van der Waals surface area contributed by atoms with Crippen LogP contribution in [0.1, 0.15) is 33.0 Å². The van der Waals surface area contributed by atoms with Crippen molar-refractivity contribution in [3.63, 3.8) is 0 Å². The van der Waals surface area contributed by atoms with Crippen LogP contribution in [0.2, 0.25) is 10.0 Å². The van der Waals surface area contributed by atoms with Gasteiger partial charge in [-0.3, -0.25) is 19.3 Å². The number of carboxylic acid groups (broad SMARTS) is 1. The number of pyridine rings is 2. The summed E-state index contributed by atoms with van der Waals surface area (Å²) in [5.74, 6) is -0.115. The highest BCUT2D eigenvalue weighted by atomic mass is 35.5. The minimum atomic E-state index is -1.05. The minimum Gasteiger partial charge on any atom is -0.491 e. The van der Waals surface area contributed by atoms with Crippen LogP contribution in [-0.4, -0.2) is 37.2 Å². The van der Waals surface area contributed by atoms with E-state index in [9.17, 15) is 20.0 Å². The Morgan fingerprint density at radius 3 is 2.51 bits per heavy atom. The predicted molar refractivity (Wildman–Crippen MR) is 176 cm³/mol. The topological polar surface area (TPSA) is 131 Å². The molecule has 224 valence electrons. The van der Waals surface area contributed by atoms with E-state index in [-0.39, 0.29) is 35.2 Å². The molecule has 1 N–H and O–H groups in total. The summed E-state index contributed by atoms with van der Waals surface area (Å²) in [7, 11) is 0. The lowest BCUT2D eigenvalue weighted by Crippen LogP contribution is -2.27. The van der Waals surface area contributed by atoms with Gasteiger partial charge in [0, 0.05) is 37.8 Å². The monoisotopic (exact) mass is 655 g/mol. The highest BCUT2D eigenvalue weighted by molar-refractivity contribution is 7.18. The Bertz CT molecular complexity index is 2290. The van der Waals surface area contributed by atoms with Gasteiger partial charge in [0.15, 0.2) is 0 Å². The number of benzene rings is 2. The van der Waals surface area contributed by atoms with Gasteiger partial charge in [-0.05, 0) is 62.7 Å². The van der Waals surface area contributed by atoms with Crippen molar-refractivity contribution in [2.75, 3.05) is 6.61 Å². The van der Waals surface area contributed by atoms with E-state index >= 15 is 0 Å². The van der Waals surface area contributed by atoms with E-state index in [0.29, 0.717) is 59.9 Å². The Balaban J connectivity index is 1.37. The van der Waals surface area contributed by atoms with E-state index in [2.05, 4.69) is 21.0 Å². The molecule has 0 amide bonds. The molecule has 0 bridgehead atoms. The van der Waals surface area contributed by atoms with Gasteiger partial charge in [0.1, 0.15) is 24.3 Å². The van der Waals surface area contributed by atoms with Crippen LogP contribution in [0, 0.1) is 32.1 Å². The summed E-state index contributed by atoms with van der Waals surface area (Å²) < 4.78 is 8.39. The second-order valence-corrected chi connectivity index (χ2v) is 12.1. The molecule has 9 nitrogen and oxygen atoms in total. The molecule has 4 heterocycles. The SMILES string of the molecule is Cc1cc(-c2cc(Cl)ccc2OCCn2c(C)nc3cnc(-c4cc(Cl)ccc4C)c(C#N)c3c2=O)c2scc(C(=O)O)c2n1. The third kappa shape index (κ3) is 5.51. The molecule has 0 aliphatic rings. The molecule has 0 radical (unpaired) electrons. The van der Waals surface area contributed by atoms with Crippen LogP contribution in [-0.2, 0) is 6.54 Å². The van der Waals surface area contributed by atoms with Gasteiger partial charge in [0.2, 0.25) is 0 Å². The molecule has 0 fully saturated rings. The van der Waals surface area contributed by atoms with Crippen LogP contribution >= 0.6 is 34.5 Å². The fraction of sp³-hybridized carbons (Fsp3) is 0.152. The molecule has 45 heavy (non-hydrogen) atoms. The summed E-state index contributed by atoms with van der Waals surface area (Å²) in [6, 6.07) is 14.5. The number of halogens is 2. The number of hydrogen-bond acceptors (Lipinski definition) is 8. The zero-order chi connectivity index (χ0) is 32.0. The van der Waals surface area contributed by atoms with Crippen molar-refractivity contribution >= 4 is 61.6 Å². The second kappa shape index (κ2) is 11.9. The normalized spacial score (nSPS) is 11.2. The molecule has 0 unspecified atom stereocenters. The van der Waals surface area contributed by atoms with E-state index in [0.717, 1.165) is 11.1 Å². The first kappa shape index (κ1) is 30.2. The van der Waals surface area contributed by atoms with Crippen molar-refractivity contribution < 1.29 is 14.6 Å². The smallest absolute Gasteiger partial charge is 0.338 e. The number of aryl methyl sites for hydroxylation is 3. The van der Waals surface area contributed by atoms with E-state index in [1.165, 1.54) is 22.1 Å². The van der Waals surface area contributed by atoms with E-state index in [4.69, 9.17) is 27.9 Å². The first-order chi connectivity index (χ1) is 21.6. The Morgan fingerprint density at radius 2 is 1.78 bits per heavy atom. The Morgan fingerprint density at radius 1 is 1.04 bits per heavy atom. The van der Waals surface area contributed by atoms with Crippen molar-refractivity contribution in [2.45, 2.75) is 27.3 Å². The van der Waals surface area contributed by atoms with Gasteiger partial charge >= 0.3 is 5.97 Å². The zero-order valence-electron chi connectivity index (χ0n) is 24.2. The number of fused-ring (bicyclic) bond motifs is 2. The maximum atomic E-state index is 13.9. The van der Waals surface area contributed by atoms with Crippen LogP contribution in [0.3, 0.4) is 0 Å². The molecule has 0 aliphatic carbocycles. The van der Waals surface area contributed by atoms with E-state index in [1.54, 1.807) is 49.6 Å². The van der Waals surface area contributed by atoms with Gasteiger partial charge in [-0.2, -0.15) is 5.26 Å². The molecule has 6 aromatic rings. The molecule has 0 atom stereocenters. The number of nitrogens with zero attached hydrogens (tertiary/aromatic N) is 5. The van der Waals surface area contributed by atoms with E-state index < -0.39 is 5.97 Å². The third-order valence-electron chi connectivity index (χ3n) is 7.44. The molecular formula is C33H23Cl2N5O4S. The number of ether oxygens (including phenoxy) is 1. The molecule has 6 rings (SSSR count). The molecule has 12 heteroatoms. The van der Waals surface area contributed by atoms with Crippen molar-refractivity contribution in [3.05, 3.63) is 103 Å². The summed E-state index contributed by atoms with van der Waals surface area (Å²) >= 11 is 13.9. The number of aromatic carboxylic acids is 1. The van der Waals surface area contributed by atoms with Crippen molar-refractivity contribution in [1.82, 2.24) is 19.5 Å². The van der Waals surface area contributed by atoms with Gasteiger partial charge in [-0.15, -0.1) is 11.3 Å². The van der Waals surface area contributed by atoms with Gasteiger partial charge in [0.25, 0.3) is 5.56 Å². The Kier molecular flexibility index (Phi) is 8.01. The van der Waals surface area contributed by atoms with Crippen LogP contribution in [0.25, 0.3) is 43.5 Å². The summed E-state index contributed by atoms with van der Waals surface area (Å²) in [6.07, 6.45) is 1.50. The van der Waals surface area contributed by atoms with Gasteiger partial charge in [-0.1, -0.05) is 29.3 Å². The Hall–Kier alpha value is -4.82. The maximum Gasteiger partial charge on any atom is 0.338 e. The highest BCUT2D eigenvalue weighted by Crippen LogP contribution is 2.40. The van der Waals surface area contributed by atoms with Crippen LogP contribution in [0.4, 0.5) is 0 Å². The lowest BCUT2D eigenvalue weighted by atomic mass is 9.99. The average molecular weight is 657 g/mol. The number of carbonyl (C=O) groups is 1. The first-order valence-corrected chi connectivity index (χ1v) is 15.3. The summed E-state index contributed by atoms with van der Waals surface area (Å²) in [5, 5.41) is 22.5. The minimum absolute atomic E-state index is 0.0911. The van der Waals surface area contributed by atoms with Crippen LogP contribution < -0.4 is 10.3 Å². The van der Waals surface area contributed by atoms with Gasteiger partial charge in [-0.25, -0.2) is 9.78 Å². The largest absolute Gasteiger partial charge is 0.491 e. The van der Waals surface area contributed by atoms with Crippen LogP contribution in [0.5, 0.6) is 5.75 Å². The van der Waals surface area contributed by atoms with E-state index in [1.807, 2.05) is 19.1 Å². The van der Waals surface area contributed by atoms with Gasteiger partial charge in [0.05, 0.1) is 50.7 Å². The highest BCUT2D eigenvalue weighted by Gasteiger charge is 2.21. The average Bonchev–Trinajstić information content (AvgIpc) is 3.44. The maximum absolute atomic E-state index is 13.9.